The second kappa shape index (κ2) is 7.52. The molecule has 0 bridgehead atoms. The van der Waals surface area contributed by atoms with Crippen LogP contribution in [0.4, 0.5) is 14.5 Å². The number of piperidine rings is 1. The third-order valence-corrected chi connectivity index (χ3v) is 5.47. The highest BCUT2D eigenvalue weighted by Gasteiger charge is 2.43. The Bertz CT molecular complexity index is 738. The van der Waals surface area contributed by atoms with Crippen molar-refractivity contribution in [3.05, 3.63) is 29.8 Å². The van der Waals surface area contributed by atoms with Gasteiger partial charge in [-0.25, -0.2) is 8.78 Å². The summed E-state index contributed by atoms with van der Waals surface area (Å²) in [5, 5.41) is 0. The molecule has 0 aromatic heterocycles. The summed E-state index contributed by atoms with van der Waals surface area (Å²) in [7, 11) is 0. The summed E-state index contributed by atoms with van der Waals surface area (Å²) in [4.78, 5) is 28.5. The first kappa shape index (κ1) is 18.3. The van der Waals surface area contributed by atoms with E-state index in [2.05, 4.69) is 0 Å². The van der Waals surface area contributed by atoms with Gasteiger partial charge in [0.1, 0.15) is 11.6 Å². The van der Waals surface area contributed by atoms with Crippen LogP contribution in [0.1, 0.15) is 25.7 Å². The highest BCUT2D eigenvalue weighted by molar-refractivity contribution is 6.00. The molecule has 1 aromatic rings. The summed E-state index contributed by atoms with van der Waals surface area (Å²) >= 11 is 0. The molecule has 2 unspecified atom stereocenters. The summed E-state index contributed by atoms with van der Waals surface area (Å²) in [6.45, 7) is 1.73. The zero-order valence-electron chi connectivity index (χ0n) is 14.9. The van der Waals surface area contributed by atoms with Crippen LogP contribution in [0.5, 0.6) is 0 Å². The lowest BCUT2D eigenvalue weighted by molar-refractivity contribution is -0.154. The average Bonchev–Trinajstić information content (AvgIpc) is 3.31. The number of rotatable bonds is 3. The minimum absolute atomic E-state index is 0.00866. The Hall–Kier alpha value is -2.06. The van der Waals surface area contributed by atoms with Crippen LogP contribution in [0, 0.1) is 17.6 Å². The summed E-state index contributed by atoms with van der Waals surface area (Å²) in [6.07, 6.45) is 2.29. The Morgan fingerprint density at radius 1 is 1.15 bits per heavy atom. The van der Waals surface area contributed by atoms with Crippen LogP contribution < -0.4 is 4.90 Å². The average molecular weight is 380 g/mol. The number of hydrogen-bond acceptors (Lipinski definition) is 4. The number of halogens is 2. The molecule has 146 valence electrons. The maximum atomic E-state index is 14.1. The molecule has 0 aliphatic carbocycles. The highest BCUT2D eigenvalue weighted by atomic mass is 19.1. The van der Waals surface area contributed by atoms with Crippen LogP contribution in [-0.2, 0) is 19.1 Å². The zero-order chi connectivity index (χ0) is 19.0. The van der Waals surface area contributed by atoms with E-state index >= 15 is 0 Å². The van der Waals surface area contributed by atoms with Crippen LogP contribution in [-0.4, -0.2) is 55.3 Å². The molecule has 3 fully saturated rings. The molecule has 1 aromatic carbocycles. The number of nitrogens with zero attached hydrogens (tertiary/aromatic N) is 2. The fraction of sp³-hybridized carbons (Fsp3) is 0.579. The molecule has 0 spiro atoms. The number of likely N-dealkylation sites (tertiary alicyclic amines) is 1. The van der Waals surface area contributed by atoms with E-state index in [4.69, 9.17) is 9.47 Å². The van der Waals surface area contributed by atoms with Crippen molar-refractivity contribution in [2.75, 3.05) is 31.2 Å². The SMILES string of the molecule is O=C1CC(C(=O)N2CCCCC2C2OCCO2)CN1c1ccc(F)cc1F. The molecule has 27 heavy (non-hydrogen) atoms. The van der Waals surface area contributed by atoms with Gasteiger partial charge in [-0.05, 0) is 31.4 Å². The van der Waals surface area contributed by atoms with Gasteiger partial charge >= 0.3 is 0 Å². The fourth-order valence-corrected chi connectivity index (χ4v) is 4.15. The van der Waals surface area contributed by atoms with Gasteiger partial charge in [-0.15, -0.1) is 0 Å². The van der Waals surface area contributed by atoms with Gasteiger partial charge in [0.25, 0.3) is 0 Å². The summed E-state index contributed by atoms with van der Waals surface area (Å²) < 4.78 is 38.4. The van der Waals surface area contributed by atoms with Crippen molar-refractivity contribution in [2.24, 2.45) is 5.92 Å². The Morgan fingerprint density at radius 3 is 2.67 bits per heavy atom. The second-order valence-electron chi connectivity index (χ2n) is 7.21. The lowest BCUT2D eigenvalue weighted by atomic mass is 9.98. The number of amides is 2. The molecule has 0 N–H and O–H groups in total. The van der Waals surface area contributed by atoms with E-state index in [-0.39, 0.29) is 36.5 Å². The molecule has 3 aliphatic rings. The Kier molecular flexibility index (Phi) is 5.10. The van der Waals surface area contributed by atoms with Crippen LogP contribution in [0.25, 0.3) is 0 Å². The molecular weight excluding hydrogens is 358 g/mol. The smallest absolute Gasteiger partial charge is 0.228 e. The maximum absolute atomic E-state index is 14.1. The summed E-state index contributed by atoms with van der Waals surface area (Å²) in [6, 6.07) is 2.93. The quantitative estimate of drug-likeness (QED) is 0.806. The van der Waals surface area contributed by atoms with Crippen molar-refractivity contribution in [3.8, 4) is 0 Å². The summed E-state index contributed by atoms with van der Waals surface area (Å²) in [5.74, 6) is -2.52. The van der Waals surface area contributed by atoms with Crippen LogP contribution in [0.3, 0.4) is 0 Å². The predicted octanol–water partition coefficient (Wildman–Crippen LogP) is 2.07. The lowest BCUT2D eigenvalue weighted by Gasteiger charge is -2.39. The number of ether oxygens (including phenoxy) is 2. The molecule has 4 rings (SSSR count). The Morgan fingerprint density at radius 2 is 1.93 bits per heavy atom. The molecule has 6 nitrogen and oxygen atoms in total. The number of carbonyl (C=O) groups excluding carboxylic acids is 2. The molecule has 3 saturated heterocycles. The molecule has 8 heteroatoms. The molecule has 3 heterocycles. The minimum atomic E-state index is -0.806. The first-order valence-electron chi connectivity index (χ1n) is 9.33. The topological polar surface area (TPSA) is 59.1 Å². The van der Waals surface area contributed by atoms with Crippen molar-refractivity contribution in [3.63, 3.8) is 0 Å². The largest absolute Gasteiger partial charge is 0.348 e. The molecule has 0 saturated carbocycles. The standard InChI is InChI=1S/C19H22F2N2O4/c20-13-4-5-15(14(21)10-13)23-11-12(9-17(23)24)18(25)22-6-2-1-3-16(22)19-26-7-8-27-19/h4-5,10,12,16,19H,1-3,6-9,11H2. The zero-order valence-corrected chi connectivity index (χ0v) is 14.9. The lowest BCUT2D eigenvalue weighted by Crippen LogP contribution is -2.52. The van der Waals surface area contributed by atoms with Gasteiger partial charge in [-0.1, -0.05) is 0 Å². The normalized spacial score (nSPS) is 26.8. The molecule has 2 atom stereocenters. The highest BCUT2D eigenvalue weighted by Crippen LogP contribution is 2.32. The monoisotopic (exact) mass is 380 g/mol. The van der Waals surface area contributed by atoms with Gasteiger partial charge in [-0.2, -0.15) is 0 Å². The minimum Gasteiger partial charge on any atom is -0.348 e. The van der Waals surface area contributed by atoms with E-state index in [0.717, 1.165) is 31.4 Å². The van der Waals surface area contributed by atoms with E-state index in [1.54, 1.807) is 4.90 Å². The third kappa shape index (κ3) is 3.55. The Balaban J connectivity index is 1.49. The predicted molar refractivity (Wildman–Crippen MR) is 91.9 cm³/mol. The van der Waals surface area contributed by atoms with Gasteiger partial charge in [0.15, 0.2) is 6.29 Å². The maximum Gasteiger partial charge on any atom is 0.228 e. The fourth-order valence-electron chi connectivity index (χ4n) is 4.15. The van der Waals surface area contributed by atoms with E-state index in [9.17, 15) is 18.4 Å². The first-order valence-corrected chi connectivity index (χ1v) is 9.33. The molecule has 2 amide bonds. The van der Waals surface area contributed by atoms with Crippen LogP contribution >= 0.6 is 0 Å². The summed E-state index contributed by atoms with van der Waals surface area (Å²) in [5.41, 5.74) is 0.00866. The first-order chi connectivity index (χ1) is 13.0. The van der Waals surface area contributed by atoms with Crippen LogP contribution in [0.15, 0.2) is 18.2 Å². The van der Waals surface area contributed by atoms with Gasteiger partial charge in [0.2, 0.25) is 11.8 Å². The van der Waals surface area contributed by atoms with Gasteiger partial charge in [-0.3, -0.25) is 9.59 Å². The van der Waals surface area contributed by atoms with Crippen molar-refractivity contribution < 1.29 is 27.8 Å². The number of carbonyl (C=O) groups is 2. The molecular formula is C19H22F2N2O4. The van der Waals surface area contributed by atoms with Crippen molar-refractivity contribution in [1.29, 1.82) is 0 Å². The van der Waals surface area contributed by atoms with Crippen molar-refractivity contribution in [1.82, 2.24) is 4.90 Å². The number of anilines is 1. The Labute approximate surface area is 156 Å². The number of hydrogen-bond donors (Lipinski definition) is 0. The molecule has 0 radical (unpaired) electrons. The van der Waals surface area contributed by atoms with Gasteiger partial charge in [0, 0.05) is 25.6 Å². The van der Waals surface area contributed by atoms with E-state index in [1.165, 1.54) is 11.0 Å². The van der Waals surface area contributed by atoms with E-state index in [0.29, 0.717) is 19.8 Å². The second-order valence-corrected chi connectivity index (χ2v) is 7.21. The van der Waals surface area contributed by atoms with Crippen molar-refractivity contribution >= 4 is 17.5 Å². The molecule has 3 aliphatic heterocycles. The van der Waals surface area contributed by atoms with Gasteiger partial charge < -0.3 is 19.3 Å². The van der Waals surface area contributed by atoms with E-state index < -0.39 is 23.8 Å². The van der Waals surface area contributed by atoms with Crippen LogP contribution in [0.2, 0.25) is 0 Å². The third-order valence-electron chi connectivity index (χ3n) is 5.47. The van der Waals surface area contributed by atoms with Gasteiger partial charge in [0.05, 0.1) is 30.9 Å². The van der Waals surface area contributed by atoms with Crippen molar-refractivity contribution in [2.45, 2.75) is 38.0 Å². The number of benzene rings is 1. The van der Waals surface area contributed by atoms with E-state index in [1.807, 2.05) is 0 Å².